The van der Waals surface area contributed by atoms with E-state index in [-0.39, 0.29) is 11.9 Å². The predicted octanol–water partition coefficient (Wildman–Crippen LogP) is 2.45. The zero-order chi connectivity index (χ0) is 13.2. The third kappa shape index (κ3) is 2.31. The SMILES string of the molecule is N#CC1=CC2=CC(C=C1)N=C(c1ccc(F)cc1)N2. The van der Waals surface area contributed by atoms with Gasteiger partial charge in [0, 0.05) is 11.3 Å². The first kappa shape index (κ1) is 11.4. The molecule has 1 aliphatic heterocycles. The molecule has 3 nitrogen and oxygen atoms in total. The molecular weight excluding hydrogens is 241 g/mol. The van der Waals surface area contributed by atoms with Gasteiger partial charge >= 0.3 is 0 Å². The van der Waals surface area contributed by atoms with Crippen molar-refractivity contribution in [1.29, 1.82) is 5.26 Å². The second-order valence-electron chi connectivity index (χ2n) is 4.29. The summed E-state index contributed by atoms with van der Waals surface area (Å²) in [5, 5.41) is 12.1. The lowest BCUT2D eigenvalue weighted by Crippen LogP contribution is -2.28. The van der Waals surface area contributed by atoms with E-state index >= 15 is 0 Å². The Balaban J connectivity index is 1.95. The van der Waals surface area contributed by atoms with Gasteiger partial charge in [0.1, 0.15) is 11.7 Å². The summed E-state index contributed by atoms with van der Waals surface area (Å²) in [6.45, 7) is 0. The van der Waals surface area contributed by atoms with Crippen LogP contribution in [0.2, 0.25) is 0 Å². The summed E-state index contributed by atoms with van der Waals surface area (Å²) in [6, 6.07) is 8.17. The van der Waals surface area contributed by atoms with Gasteiger partial charge in [0.2, 0.25) is 0 Å². The number of rotatable bonds is 1. The summed E-state index contributed by atoms with van der Waals surface area (Å²) < 4.78 is 12.9. The van der Waals surface area contributed by atoms with Crippen molar-refractivity contribution in [2.75, 3.05) is 0 Å². The molecule has 2 bridgehead atoms. The maximum atomic E-state index is 12.9. The van der Waals surface area contributed by atoms with Crippen molar-refractivity contribution in [2.45, 2.75) is 6.04 Å². The van der Waals surface area contributed by atoms with E-state index in [0.717, 1.165) is 11.3 Å². The maximum Gasteiger partial charge on any atom is 0.133 e. The first-order valence-corrected chi connectivity index (χ1v) is 5.87. The molecule has 1 unspecified atom stereocenters. The lowest BCUT2D eigenvalue weighted by atomic mass is 10.1. The number of halogens is 1. The Kier molecular flexibility index (Phi) is 2.73. The lowest BCUT2D eigenvalue weighted by molar-refractivity contribution is 0.627. The molecule has 92 valence electrons. The number of nitrogens with one attached hydrogen (secondary N) is 1. The van der Waals surface area contributed by atoms with Crippen molar-refractivity contribution in [3.05, 3.63) is 71.2 Å². The van der Waals surface area contributed by atoms with Gasteiger partial charge in [0.05, 0.1) is 17.7 Å². The van der Waals surface area contributed by atoms with Crippen LogP contribution >= 0.6 is 0 Å². The number of aliphatic imine (C=N–C) groups is 1. The number of nitriles is 1. The Morgan fingerprint density at radius 2 is 2.05 bits per heavy atom. The van der Waals surface area contributed by atoms with Gasteiger partial charge in [0.15, 0.2) is 0 Å². The highest BCUT2D eigenvalue weighted by molar-refractivity contribution is 6.01. The Labute approximate surface area is 110 Å². The predicted molar refractivity (Wildman–Crippen MR) is 70.8 cm³/mol. The third-order valence-corrected chi connectivity index (χ3v) is 2.92. The largest absolute Gasteiger partial charge is 0.340 e. The smallest absolute Gasteiger partial charge is 0.133 e. The fraction of sp³-hybridized carbons (Fsp3) is 0.0667. The van der Waals surface area contributed by atoms with Gasteiger partial charge in [-0.3, -0.25) is 4.99 Å². The van der Waals surface area contributed by atoms with Crippen molar-refractivity contribution < 1.29 is 4.39 Å². The van der Waals surface area contributed by atoms with Gasteiger partial charge in [-0.15, -0.1) is 0 Å². The number of hydrogen-bond acceptors (Lipinski definition) is 3. The first-order chi connectivity index (χ1) is 9.24. The van der Waals surface area contributed by atoms with Crippen molar-refractivity contribution in [2.24, 2.45) is 4.99 Å². The molecule has 19 heavy (non-hydrogen) atoms. The molecule has 0 fully saturated rings. The van der Waals surface area contributed by atoms with E-state index in [1.54, 1.807) is 24.3 Å². The molecule has 0 saturated carbocycles. The standard InChI is InChI=1S/C15H10FN3/c16-12-4-2-11(3-5-12)15-18-13-6-1-10(9-17)7-14(8-13)19-15/h1-8,13H,(H,18,19). The lowest BCUT2D eigenvalue weighted by Gasteiger charge is -2.18. The summed E-state index contributed by atoms with van der Waals surface area (Å²) in [6.07, 6.45) is 7.34. The molecule has 0 aromatic heterocycles. The van der Waals surface area contributed by atoms with E-state index in [1.807, 2.05) is 12.2 Å². The van der Waals surface area contributed by atoms with E-state index in [9.17, 15) is 4.39 Å². The Bertz CT molecular complexity index is 672. The molecule has 0 saturated heterocycles. The summed E-state index contributed by atoms with van der Waals surface area (Å²) in [5.74, 6) is 0.408. The molecule has 0 radical (unpaired) electrons. The number of amidine groups is 1. The minimum Gasteiger partial charge on any atom is -0.340 e. The highest BCUT2D eigenvalue weighted by Crippen LogP contribution is 2.17. The monoisotopic (exact) mass is 251 g/mol. The molecule has 0 spiro atoms. The quantitative estimate of drug-likeness (QED) is 0.833. The number of benzene rings is 1. The van der Waals surface area contributed by atoms with Gasteiger partial charge < -0.3 is 5.32 Å². The van der Waals surface area contributed by atoms with Gasteiger partial charge in [-0.2, -0.15) is 5.26 Å². The topological polar surface area (TPSA) is 48.2 Å². The summed E-state index contributed by atoms with van der Waals surface area (Å²) >= 11 is 0. The normalized spacial score (nSPS) is 20.4. The number of hydrogen-bond donors (Lipinski definition) is 1. The molecule has 1 aliphatic carbocycles. The van der Waals surface area contributed by atoms with Gasteiger partial charge in [-0.05, 0) is 42.5 Å². The van der Waals surface area contributed by atoms with Gasteiger partial charge in [-0.1, -0.05) is 6.08 Å². The summed E-state index contributed by atoms with van der Waals surface area (Å²) in [5.41, 5.74) is 2.23. The average Bonchev–Trinajstić information content (AvgIpc) is 2.57. The molecule has 2 aliphatic rings. The minimum atomic E-state index is -0.275. The van der Waals surface area contributed by atoms with Crippen LogP contribution in [-0.4, -0.2) is 11.9 Å². The molecular formula is C15H10FN3. The van der Waals surface area contributed by atoms with Crippen LogP contribution in [0.4, 0.5) is 4.39 Å². The number of fused-ring (bicyclic) bond motifs is 1. The van der Waals surface area contributed by atoms with Crippen molar-refractivity contribution in [1.82, 2.24) is 5.32 Å². The van der Waals surface area contributed by atoms with Crippen molar-refractivity contribution >= 4 is 5.84 Å². The zero-order valence-corrected chi connectivity index (χ0v) is 9.97. The fourth-order valence-corrected chi connectivity index (χ4v) is 2.01. The zero-order valence-electron chi connectivity index (χ0n) is 9.97. The van der Waals surface area contributed by atoms with Crippen LogP contribution in [-0.2, 0) is 0 Å². The van der Waals surface area contributed by atoms with E-state index in [1.165, 1.54) is 12.1 Å². The van der Waals surface area contributed by atoms with E-state index in [4.69, 9.17) is 5.26 Å². The van der Waals surface area contributed by atoms with Crippen LogP contribution in [0.1, 0.15) is 5.56 Å². The second-order valence-corrected chi connectivity index (χ2v) is 4.29. The highest BCUT2D eigenvalue weighted by atomic mass is 19.1. The van der Waals surface area contributed by atoms with Crippen molar-refractivity contribution in [3.8, 4) is 6.07 Å². The Morgan fingerprint density at radius 3 is 2.79 bits per heavy atom. The molecule has 3 rings (SSSR count). The highest BCUT2D eigenvalue weighted by Gasteiger charge is 2.16. The Morgan fingerprint density at radius 1 is 1.26 bits per heavy atom. The average molecular weight is 251 g/mol. The number of nitrogens with zero attached hydrogens (tertiary/aromatic N) is 2. The molecule has 1 N–H and O–H groups in total. The van der Waals surface area contributed by atoms with Crippen LogP contribution in [0.15, 0.2) is 64.8 Å². The summed E-state index contributed by atoms with van der Waals surface area (Å²) in [7, 11) is 0. The van der Waals surface area contributed by atoms with E-state index in [0.29, 0.717) is 11.4 Å². The molecule has 1 aromatic carbocycles. The molecule has 1 atom stereocenters. The van der Waals surface area contributed by atoms with E-state index < -0.39 is 0 Å². The van der Waals surface area contributed by atoms with Crippen LogP contribution < -0.4 is 5.32 Å². The molecule has 1 heterocycles. The van der Waals surface area contributed by atoms with E-state index in [2.05, 4.69) is 16.4 Å². The third-order valence-electron chi connectivity index (χ3n) is 2.92. The minimum absolute atomic E-state index is 0.0987. The van der Waals surface area contributed by atoms with Crippen LogP contribution in [0, 0.1) is 17.1 Å². The Hall–Kier alpha value is -2.67. The molecule has 4 heteroatoms. The maximum absolute atomic E-state index is 12.9. The first-order valence-electron chi connectivity index (χ1n) is 5.87. The van der Waals surface area contributed by atoms with Gasteiger partial charge in [0.25, 0.3) is 0 Å². The van der Waals surface area contributed by atoms with Crippen LogP contribution in [0.5, 0.6) is 0 Å². The molecule has 0 amide bonds. The number of allylic oxidation sites excluding steroid dienone is 3. The van der Waals surface area contributed by atoms with Crippen molar-refractivity contribution in [3.63, 3.8) is 0 Å². The fourth-order valence-electron chi connectivity index (χ4n) is 2.01. The van der Waals surface area contributed by atoms with Crippen LogP contribution in [0.3, 0.4) is 0 Å². The van der Waals surface area contributed by atoms with Gasteiger partial charge in [-0.25, -0.2) is 4.39 Å². The second kappa shape index (κ2) is 4.54. The molecule has 1 aromatic rings. The summed E-state index contributed by atoms with van der Waals surface area (Å²) in [4.78, 5) is 4.51. The van der Waals surface area contributed by atoms with Crippen LogP contribution in [0.25, 0.3) is 0 Å².